The molecule has 1 aliphatic rings. The molecule has 160 valence electrons. The Bertz CT molecular complexity index is 1020. The predicted octanol–water partition coefficient (Wildman–Crippen LogP) is 3.63. The number of hydrogen-bond acceptors (Lipinski definition) is 5. The van der Waals surface area contributed by atoms with Gasteiger partial charge in [0.15, 0.2) is 0 Å². The first-order valence-electron chi connectivity index (χ1n) is 10.6. The van der Waals surface area contributed by atoms with Crippen LogP contribution in [0.5, 0.6) is 0 Å². The van der Waals surface area contributed by atoms with Crippen molar-refractivity contribution in [2.24, 2.45) is 0 Å². The summed E-state index contributed by atoms with van der Waals surface area (Å²) in [6.07, 6.45) is 7.29. The van der Waals surface area contributed by atoms with Crippen LogP contribution in [-0.2, 0) is 13.1 Å². The Morgan fingerprint density at radius 1 is 1.10 bits per heavy atom. The molecule has 4 rings (SSSR count). The molecule has 0 radical (unpaired) electrons. The topological polar surface area (TPSA) is 71.0 Å². The highest BCUT2D eigenvalue weighted by Crippen LogP contribution is 2.26. The largest absolute Gasteiger partial charge is 0.348 e. The second-order valence-corrected chi connectivity index (χ2v) is 7.94. The second-order valence-electron chi connectivity index (χ2n) is 7.94. The molecule has 3 heterocycles. The molecule has 0 bridgehead atoms. The molecule has 1 saturated heterocycles. The van der Waals surface area contributed by atoms with Crippen LogP contribution in [0, 0.1) is 12.7 Å². The van der Waals surface area contributed by atoms with E-state index in [1.54, 1.807) is 18.3 Å². The average Bonchev–Trinajstić information content (AvgIpc) is 2.79. The van der Waals surface area contributed by atoms with E-state index in [0.717, 1.165) is 43.9 Å². The van der Waals surface area contributed by atoms with Gasteiger partial charge in [0.05, 0.1) is 11.3 Å². The van der Waals surface area contributed by atoms with Crippen molar-refractivity contribution >= 4 is 5.91 Å². The van der Waals surface area contributed by atoms with Crippen LogP contribution in [0.1, 0.15) is 51.8 Å². The van der Waals surface area contributed by atoms with Crippen molar-refractivity contribution in [3.63, 3.8) is 0 Å². The number of pyridine rings is 1. The smallest absolute Gasteiger partial charge is 0.254 e. The molecule has 0 aliphatic carbocycles. The number of benzene rings is 1. The number of carbonyl (C=O) groups is 1. The summed E-state index contributed by atoms with van der Waals surface area (Å²) in [6, 6.07) is 10.2. The van der Waals surface area contributed by atoms with E-state index < -0.39 is 0 Å². The van der Waals surface area contributed by atoms with Crippen LogP contribution in [0.4, 0.5) is 4.39 Å². The van der Waals surface area contributed by atoms with Gasteiger partial charge < -0.3 is 5.32 Å². The van der Waals surface area contributed by atoms with Gasteiger partial charge in [-0.1, -0.05) is 12.1 Å². The number of piperidine rings is 1. The second kappa shape index (κ2) is 9.75. The summed E-state index contributed by atoms with van der Waals surface area (Å²) in [7, 11) is 0. The number of nitrogens with one attached hydrogen (secondary N) is 1. The normalized spacial score (nSPS) is 15.0. The number of nitrogens with zero attached hydrogens (tertiary/aromatic N) is 4. The third-order valence-corrected chi connectivity index (χ3v) is 5.72. The van der Waals surface area contributed by atoms with E-state index in [4.69, 9.17) is 0 Å². The minimum atomic E-state index is -0.293. The van der Waals surface area contributed by atoms with Crippen LogP contribution >= 0.6 is 0 Å². The Morgan fingerprint density at radius 3 is 2.48 bits per heavy atom. The summed E-state index contributed by atoms with van der Waals surface area (Å²) in [6.45, 7) is 5.10. The van der Waals surface area contributed by atoms with Gasteiger partial charge in [-0.05, 0) is 68.2 Å². The van der Waals surface area contributed by atoms with Gasteiger partial charge in [0.2, 0.25) is 0 Å². The highest BCUT2D eigenvalue weighted by molar-refractivity contribution is 5.94. The third-order valence-electron chi connectivity index (χ3n) is 5.72. The number of aryl methyl sites for hydroxylation is 1. The van der Waals surface area contributed by atoms with Crippen molar-refractivity contribution in [3.8, 4) is 0 Å². The van der Waals surface area contributed by atoms with E-state index >= 15 is 0 Å². The molecular weight excluding hydrogens is 393 g/mol. The van der Waals surface area contributed by atoms with E-state index in [2.05, 4.69) is 37.3 Å². The number of halogens is 1. The highest BCUT2D eigenvalue weighted by Gasteiger charge is 2.24. The quantitative estimate of drug-likeness (QED) is 0.661. The van der Waals surface area contributed by atoms with Gasteiger partial charge in [0.25, 0.3) is 5.91 Å². The van der Waals surface area contributed by atoms with Crippen molar-refractivity contribution in [3.05, 3.63) is 89.0 Å². The van der Waals surface area contributed by atoms with Gasteiger partial charge in [-0.3, -0.25) is 14.7 Å². The third kappa shape index (κ3) is 5.49. The van der Waals surface area contributed by atoms with Gasteiger partial charge in [-0.2, -0.15) is 0 Å². The van der Waals surface area contributed by atoms with Crippen molar-refractivity contribution in [2.75, 3.05) is 13.1 Å². The lowest BCUT2D eigenvalue weighted by molar-refractivity contribution is 0.0949. The Balaban J connectivity index is 1.32. The molecule has 3 aromatic rings. The maximum Gasteiger partial charge on any atom is 0.254 e. The van der Waals surface area contributed by atoms with E-state index in [0.29, 0.717) is 23.7 Å². The summed E-state index contributed by atoms with van der Waals surface area (Å²) in [5, 5.41) is 2.85. The lowest BCUT2D eigenvalue weighted by Gasteiger charge is -2.31. The van der Waals surface area contributed by atoms with Crippen LogP contribution in [0.2, 0.25) is 0 Å². The zero-order chi connectivity index (χ0) is 21.6. The van der Waals surface area contributed by atoms with Crippen molar-refractivity contribution in [1.82, 2.24) is 25.2 Å². The van der Waals surface area contributed by atoms with Crippen LogP contribution in [0.3, 0.4) is 0 Å². The van der Waals surface area contributed by atoms with Gasteiger partial charge in [0, 0.05) is 37.6 Å². The molecule has 0 spiro atoms. The number of amides is 1. The van der Waals surface area contributed by atoms with Crippen LogP contribution < -0.4 is 5.32 Å². The molecule has 1 aromatic carbocycles. The highest BCUT2D eigenvalue weighted by atomic mass is 19.1. The van der Waals surface area contributed by atoms with Gasteiger partial charge in [0.1, 0.15) is 11.6 Å². The van der Waals surface area contributed by atoms with Gasteiger partial charge >= 0.3 is 0 Å². The molecule has 31 heavy (non-hydrogen) atoms. The fourth-order valence-electron chi connectivity index (χ4n) is 3.88. The first kappa shape index (κ1) is 21.1. The minimum Gasteiger partial charge on any atom is -0.348 e. The van der Waals surface area contributed by atoms with Gasteiger partial charge in [-0.15, -0.1) is 0 Å². The Kier molecular flexibility index (Phi) is 6.62. The summed E-state index contributed by atoms with van der Waals surface area (Å²) in [5.74, 6) is 0.610. The van der Waals surface area contributed by atoms with Crippen LogP contribution in [-0.4, -0.2) is 38.8 Å². The molecule has 1 fully saturated rings. The van der Waals surface area contributed by atoms with E-state index in [1.807, 2.05) is 19.3 Å². The Morgan fingerprint density at radius 2 is 1.81 bits per heavy atom. The number of hydrogen-bond donors (Lipinski definition) is 1. The summed E-state index contributed by atoms with van der Waals surface area (Å²) < 4.78 is 13.0. The standard InChI is InChI=1S/C24H26FN5O/c1-17-22(24(31)28-14-18-2-4-21(25)5-3-18)15-27-23(29-17)20-8-12-30(13-9-20)16-19-6-10-26-11-7-19/h2-7,10-11,15,20H,8-9,12-14,16H2,1H3,(H,28,31). The maximum absolute atomic E-state index is 13.0. The first-order chi connectivity index (χ1) is 15.1. The average molecular weight is 420 g/mol. The zero-order valence-electron chi connectivity index (χ0n) is 17.6. The van der Waals surface area contributed by atoms with E-state index in [9.17, 15) is 9.18 Å². The van der Waals surface area contributed by atoms with Gasteiger partial charge in [-0.25, -0.2) is 14.4 Å². The molecule has 7 heteroatoms. The first-order valence-corrected chi connectivity index (χ1v) is 10.6. The zero-order valence-corrected chi connectivity index (χ0v) is 17.6. The fraction of sp³-hybridized carbons (Fsp3) is 0.333. The molecule has 1 amide bonds. The lowest BCUT2D eigenvalue weighted by Crippen LogP contribution is -2.33. The number of likely N-dealkylation sites (tertiary alicyclic amines) is 1. The van der Waals surface area contributed by atoms with E-state index in [-0.39, 0.29) is 11.7 Å². The molecule has 2 aromatic heterocycles. The van der Waals surface area contributed by atoms with Crippen LogP contribution in [0.15, 0.2) is 55.0 Å². The molecule has 6 nitrogen and oxygen atoms in total. The van der Waals surface area contributed by atoms with Crippen LogP contribution in [0.25, 0.3) is 0 Å². The molecule has 0 saturated carbocycles. The van der Waals surface area contributed by atoms with Crippen molar-refractivity contribution in [1.29, 1.82) is 0 Å². The van der Waals surface area contributed by atoms with Crippen molar-refractivity contribution in [2.45, 2.75) is 38.8 Å². The SMILES string of the molecule is Cc1nc(C2CCN(Cc3ccncc3)CC2)ncc1C(=O)NCc1ccc(F)cc1. The van der Waals surface area contributed by atoms with Crippen molar-refractivity contribution < 1.29 is 9.18 Å². The molecule has 0 atom stereocenters. The van der Waals surface area contributed by atoms with E-state index in [1.165, 1.54) is 17.7 Å². The predicted molar refractivity (Wildman–Crippen MR) is 116 cm³/mol. The molecule has 0 unspecified atom stereocenters. The summed E-state index contributed by atoms with van der Waals surface area (Å²) in [5.41, 5.74) is 3.27. The Labute approximate surface area is 181 Å². The molecule has 1 N–H and O–H groups in total. The fourth-order valence-corrected chi connectivity index (χ4v) is 3.88. The Hall–Kier alpha value is -3.19. The lowest BCUT2D eigenvalue weighted by atomic mass is 9.95. The number of carbonyl (C=O) groups excluding carboxylic acids is 1. The minimum absolute atomic E-state index is 0.222. The molecule has 1 aliphatic heterocycles. The monoisotopic (exact) mass is 419 g/mol. The molecular formula is C24H26FN5O. The number of aromatic nitrogens is 3. The maximum atomic E-state index is 13.0. The summed E-state index contributed by atoms with van der Waals surface area (Å²) >= 11 is 0. The summed E-state index contributed by atoms with van der Waals surface area (Å²) in [4.78, 5) is 28.2. The number of rotatable bonds is 6.